The molecule has 2 aromatic rings. The first kappa shape index (κ1) is 28.2. The highest BCUT2D eigenvalue weighted by Gasteiger charge is 2.35. The van der Waals surface area contributed by atoms with Crippen LogP contribution in [0.1, 0.15) is 19.8 Å². The molecular weight excluding hydrogens is 509 g/mol. The number of rotatable bonds is 11. The maximum absolute atomic E-state index is 13.0. The third-order valence-corrected chi connectivity index (χ3v) is 6.01. The van der Waals surface area contributed by atoms with Gasteiger partial charge in [0.1, 0.15) is 22.6 Å². The first-order valence-corrected chi connectivity index (χ1v) is 11.7. The van der Waals surface area contributed by atoms with E-state index in [2.05, 4.69) is 15.0 Å². The van der Waals surface area contributed by atoms with E-state index in [-0.39, 0.29) is 31.0 Å². The van der Waals surface area contributed by atoms with Gasteiger partial charge in [0.15, 0.2) is 5.96 Å². The number of hydrogen-bond donors (Lipinski definition) is 5. The molecule has 1 heterocycles. The lowest BCUT2D eigenvalue weighted by molar-refractivity contribution is -0.275. The molecule has 0 aliphatic rings. The van der Waals surface area contributed by atoms with Crippen LogP contribution >= 0.6 is 0 Å². The monoisotopic (exact) mass is 532 g/mol. The Hall–Kier alpha value is -4.08. The van der Waals surface area contributed by atoms with E-state index >= 15 is 0 Å². The number of alkyl halides is 3. The molecule has 36 heavy (non-hydrogen) atoms. The number of aromatic amines is 1. The predicted molar refractivity (Wildman–Crippen MR) is 123 cm³/mol. The Kier molecular flexibility index (Phi) is 9.05. The topological polar surface area (TPSA) is 188 Å². The highest BCUT2D eigenvalue weighted by Crippen LogP contribution is 2.32. The molecule has 0 aliphatic heterocycles. The fraction of sp³-hybridized carbons (Fsp3) is 0.300. The Labute approximate surface area is 203 Å². The molecule has 1 aromatic heterocycles. The number of para-hydroxylation sites is 1. The Morgan fingerprint density at radius 3 is 2.56 bits per heavy atom. The van der Waals surface area contributed by atoms with Gasteiger partial charge in [0, 0.05) is 19.7 Å². The molecule has 1 atom stereocenters. The van der Waals surface area contributed by atoms with Crippen LogP contribution in [0.25, 0.3) is 0 Å². The molecule has 0 unspecified atom stereocenters. The summed E-state index contributed by atoms with van der Waals surface area (Å²) in [7, 11) is -4.85. The van der Waals surface area contributed by atoms with Crippen LogP contribution in [-0.2, 0) is 19.6 Å². The summed E-state index contributed by atoms with van der Waals surface area (Å²) >= 11 is 0. The van der Waals surface area contributed by atoms with Crippen LogP contribution in [0.4, 0.5) is 24.5 Å². The van der Waals surface area contributed by atoms with Crippen LogP contribution in [0.15, 0.2) is 46.2 Å². The fourth-order valence-electron chi connectivity index (χ4n) is 3.21. The van der Waals surface area contributed by atoms with E-state index in [1.54, 1.807) is 0 Å². The summed E-state index contributed by atoms with van der Waals surface area (Å²) in [4.78, 5) is 39.0. The normalized spacial score (nSPS) is 12.3. The standard InChI is InChI=1S/C20H23F3N6O6S/c1-12(31)29(13(11-30)5-4-9-27-19(24)25)14-8-10-26-18(32)17(14)28-36(33,34)16-7-3-2-6-15(16)35-20(21,22)23/h2-3,6-8,10-11,13,28H,4-5,9H2,1H3,(H,26,32)(H4,24,25,27)/t13-/m0/s1. The molecule has 1 aromatic carbocycles. The number of carbonyl (C=O) groups is 2. The average molecular weight is 533 g/mol. The first-order valence-electron chi connectivity index (χ1n) is 10.2. The van der Waals surface area contributed by atoms with Gasteiger partial charge in [-0.25, -0.2) is 8.42 Å². The van der Waals surface area contributed by atoms with E-state index in [0.717, 1.165) is 48.4 Å². The number of pyridine rings is 1. The number of ether oxygens (including phenoxy) is 1. The Bertz CT molecular complexity index is 1280. The molecule has 2 rings (SSSR count). The van der Waals surface area contributed by atoms with Crippen LogP contribution in [0, 0.1) is 5.41 Å². The lowest BCUT2D eigenvalue weighted by Crippen LogP contribution is -2.42. The van der Waals surface area contributed by atoms with Crippen LogP contribution in [0.2, 0.25) is 0 Å². The highest BCUT2D eigenvalue weighted by atomic mass is 32.2. The summed E-state index contributed by atoms with van der Waals surface area (Å²) in [5.41, 5.74) is 3.15. The van der Waals surface area contributed by atoms with Crippen LogP contribution < -0.4 is 31.0 Å². The number of nitrogens with one attached hydrogen (secondary N) is 4. The van der Waals surface area contributed by atoms with Gasteiger partial charge in [-0.15, -0.1) is 13.2 Å². The number of benzene rings is 1. The number of hydrogen-bond acceptors (Lipinski definition) is 7. The number of carbonyl (C=O) groups excluding carboxylic acids is 2. The van der Waals surface area contributed by atoms with Crippen molar-refractivity contribution in [2.45, 2.75) is 37.1 Å². The quantitative estimate of drug-likeness (QED) is 0.124. The molecule has 16 heteroatoms. The van der Waals surface area contributed by atoms with Gasteiger partial charge in [-0.3, -0.25) is 19.7 Å². The number of amides is 1. The Morgan fingerprint density at radius 1 is 1.31 bits per heavy atom. The smallest absolute Gasteiger partial charge is 0.404 e. The van der Waals surface area contributed by atoms with Crippen molar-refractivity contribution in [1.29, 1.82) is 5.41 Å². The minimum absolute atomic E-state index is 0.0462. The van der Waals surface area contributed by atoms with Gasteiger partial charge < -0.3 is 30.5 Å². The van der Waals surface area contributed by atoms with Gasteiger partial charge in [0.05, 0.1) is 11.7 Å². The molecule has 0 bridgehead atoms. The SMILES string of the molecule is CC(=O)N(c1cc[nH]c(=O)c1NS(=O)(=O)c1ccccc1OC(F)(F)F)[C@H](C=O)CCCNC(=N)N. The zero-order chi connectivity index (χ0) is 27.1. The van der Waals surface area contributed by atoms with Crippen molar-refractivity contribution in [2.24, 2.45) is 5.73 Å². The number of anilines is 2. The van der Waals surface area contributed by atoms with Crippen molar-refractivity contribution in [3.63, 3.8) is 0 Å². The fourth-order valence-corrected chi connectivity index (χ4v) is 4.42. The summed E-state index contributed by atoms with van der Waals surface area (Å²) in [6.07, 6.45) is -3.36. The van der Waals surface area contributed by atoms with Gasteiger partial charge in [-0.1, -0.05) is 12.1 Å². The summed E-state index contributed by atoms with van der Waals surface area (Å²) in [6.45, 7) is 1.27. The first-order chi connectivity index (χ1) is 16.8. The molecule has 0 radical (unpaired) electrons. The molecule has 6 N–H and O–H groups in total. The summed E-state index contributed by atoms with van der Waals surface area (Å²) in [5.74, 6) is -2.07. The minimum Gasteiger partial charge on any atom is -0.404 e. The van der Waals surface area contributed by atoms with E-state index in [1.165, 1.54) is 0 Å². The number of sulfonamides is 1. The van der Waals surface area contributed by atoms with E-state index in [1.807, 2.05) is 4.72 Å². The molecule has 0 fully saturated rings. The van der Waals surface area contributed by atoms with Gasteiger partial charge in [0.25, 0.3) is 15.6 Å². The number of guanidine groups is 1. The lowest BCUT2D eigenvalue weighted by Gasteiger charge is -2.29. The van der Waals surface area contributed by atoms with E-state index < -0.39 is 50.2 Å². The van der Waals surface area contributed by atoms with Crippen LogP contribution in [0.3, 0.4) is 0 Å². The van der Waals surface area contributed by atoms with Gasteiger partial charge in [-0.05, 0) is 31.0 Å². The maximum Gasteiger partial charge on any atom is 0.573 e. The summed E-state index contributed by atoms with van der Waals surface area (Å²) < 4.78 is 70.0. The molecule has 0 aliphatic carbocycles. The van der Waals surface area contributed by atoms with Crippen LogP contribution in [0.5, 0.6) is 5.75 Å². The third-order valence-electron chi connectivity index (χ3n) is 4.62. The lowest BCUT2D eigenvalue weighted by atomic mass is 10.1. The van der Waals surface area contributed by atoms with Crippen molar-refractivity contribution in [3.05, 3.63) is 46.9 Å². The van der Waals surface area contributed by atoms with E-state index in [0.29, 0.717) is 6.29 Å². The number of H-pyrrole nitrogens is 1. The number of nitrogens with two attached hydrogens (primary N) is 1. The molecule has 0 saturated carbocycles. The molecular formula is C20H23F3N6O6S. The number of halogens is 3. The second-order valence-electron chi connectivity index (χ2n) is 7.24. The molecule has 1 amide bonds. The van der Waals surface area contributed by atoms with Crippen LogP contribution in [-0.4, -0.2) is 50.5 Å². The largest absolute Gasteiger partial charge is 0.573 e. The van der Waals surface area contributed by atoms with E-state index in [4.69, 9.17) is 11.1 Å². The zero-order valence-electron chi connectivity index (χ0n) is 18.8. The average Bonchev–Trinajstić information content (AvgIpc) is 2.76. The molecule has 0 saturated heterocycles. The van der Waals surface area contributed by atoms with Crippen molar-refractivity contribution in [3.8, 4) is 5.75 Å². The second-order valence-corrected chi connectivity index (χ2v) is 8.89. The van der Waals surface area contributed by atoms with Gasteiger partial charge in [-0.2, -0.15) is 0 Å². The molecule has 0 spiro atoms. The predicted octanol–water partition coefficient (Wildman–Crippen LogP) is 1.26. The van der Waals surface area contributed by atoms with E-state index in [9.17, 15) is 36.0 Å². The minimum atomic E-state index is -5.19. The number of aromatic nitrogens is 1. The zero-order valence-corrected chi connectivity index (χ0v) is 19.6. The summed E-state index contributed by atoms with van der Waals surface area (Å²) in [6, 6.07) is 3.88. The molecule has 196 valence electrons. The van der Waals surface area contributed by atoms with Gasteiger partial charge in [0.2, 0.25) is 5.91 Å². The third kappa shape index (κ3) is 7.46. The number of nitrogens with zero attached hydrogens (tertiary/aromatic N) is 1. The Balaban J connectivity index is 2.49. The number of aldehydes is 1. The summed E-state index contributed by atoms with van der Waals surface area (Å²) in [5, 5.41) is 9.67. The molecule has 12 nitrogen and oxygen atoms in total. The second kappa shape index (κ2) is 11.6. The van der Waals surface area contributed by atoms with Crippen molar-refractivity contribution < 1.29 is 35.9 Å². The van der Waals surface area contributed by atoms with Crippen molar-refractivity contribution in [1.82, 2.24) is 10.3 Å². The van der Waals surface area contributed by atoms with Crippen molar-refractivity contribution in [2.75, 3.05) is 16.2 Å². The Morgan fingerprint density at radius 2 is 1.97 bits per heavy atom. The highest BCUT2D eigenvalue weighted by molar-refractivity contribution is 7.92. The maximum atomic E-state index is 13.0. The van der Waals surface area contributed by atoms with Crippen molar-refractivity contribution >= 4 is 39.6 Å². The van der Waals surface area contributed by atoms with Gasteiger partial charge >= 0.3 is 6.36 Å².